The molecule has 0 amide bonds. The van der Waals surface area contributed by atoms with Crippen LogP contribution in [0.25, 0.3) is 0 Å². The van der Waals surface area contributed by atoms with Crippen LogP contribution >= 0.6 is 11.8 Å². The molecule has 1 saturated heterocycles. The summed E-state index contributed by atoms with van der Waals surface area (Å²) in [5, 5.41) is 1.06. The molecule has 0 spiro atoms. The van der Waals surface area contributed by atoms with Crippen LogP contribution in [0.15, 0.2) is 0 Å². The lowest BCUT2D eigenvalue weighted by atomic mass is 9.81. The quantitative estimate of drug-likeness (QED) is 0.644. The Kier molecular flexibility index (Phi) is 3.59. The molecule has 13 heavy (non-hydrogen) atoms. The average Bonchev–Trinajstić information content (AvgIpc) is 2.18. The van der Waals surface area contributed by atoms with E-state index in [0.29, 0.717) is 0 Å². The molecule has 3 atom stereocenters. The molecule has 76 valence electrons. The Morgan fingerprint density at radius 3 is 2.92 bits per heavy atom. The summed E-state index contributed by atoms with van der Waals surface area (Å²) in [5.41, 5.74) is 0. The molecule has 0 radical (unpaired) electrons. The van der Waals surface area contributed by atoms with Crippen molar-refractivity contribution in [1.82, 2.24) is 0 Å². The van der Waals surface area contributed by atoms with Crippen LogP contribution in [0, 0.1) is 11.8 Å². The van der Waals surface area contributed by atoms with Gasteiger partial charge in [-0.25, -0.2) is 0 Å². The van der Waals surface area contributed by atoms with E-state index in [-0.39, 0.29) is 0 Å². The highest BCUT2D eigenvalue weighted by Gasteiger charge is 2.31. The predicted octanol–water partition coefficient (Wildman–Crippen LogP) is 4.10. The van der Waals surface area contributed by atoms with Crippen LogP contribution in [0.1, 0.15) is 51.9 Å². The topological polar surface area (TPSA) is 0 Å². The first-order valence-electron chi connectivity index (χ1n) is 6.01. The van der Waals surface area contributed by atoms with Gasteiger partial charge in [-0.15, -0.1) is 0 Å². The molecule has 2 rings (SSSR count). The average molecular weight is 198 g/mol. The van der Waals surface area contributed by atoms with E-state index in [9.17, 15) is 0 Å². The van der Waals surface area contributed by atoms with Crippen molar-refractivity contribution in [2.24, 2.45) is 11.8 Å². The van der Waals surface area contributed by atoms with Gasteiger partial charge in [-0.3, -0.25) is 0 Å². The van der Waals surface area contributed by atoms with Crippen molar-refractivity contribution in [3.05, 3.63) is 0 Å². The normalized spacial score (nSPS) is 39.9. The molecule has 0 aromatic carbocycles. The van der Waals surface area contributed by atoms with Gasteiger partial charge in [0.2, 0.25) is 0 Å². The summed E-state index contributed by atoms with van der Waals surface area (Å²) in [6.07, 6.45) is 10.5. The van der Waals surface area contributed by atoms with Crippen LogP contribution < -0.4 is 0 Å². The number of thioether (sulfide) groups is 1. The van der Waals surface area contributed by atoms with Gasteiger partial charge in [-0.2, -0.15) is 11.8 Å². The first kappa shape index (κ1) is 9.89. The molecule has 0 nitrogen and oxygen atoms in total. The van der Waals surface area contributed by atoms with Gasteiger partial charge in [0, 0.05) is 5.25 Å². The van der Waals surface area contributed by atoms with Gasteiger partial charge in [0.15, 0.2) is 0 Å². The minimum Gasteiger partial charge on any atom is -0.158 e. The lowest BCUT2D eigenvalue weighted by Gasteiger charge is -2.38. The smallest absolute Gasteiger partial charge is 0.00755 e. The summed E-state index contributed by atoms with van der Waals surface area (Å²) in [7, 11) is 0. The molecule has 3 unspecified atom stereocenters. The molecule has 0 aromatic rings. The predicted molar refractivity (Wildman–Crippen MR) is 61.2 cm³/mol. The summed E-state index contributed by atoms with van der Waals surface area (Å²) < 4.78 is 0. The zero-order valence-electron chi connectivity index (χ0n) is 8.80. The van der Waals surface area contributed by atoms with Crippen LogP contribution in [0.2, 0.25) is 0 Å². The van der Waals surface area contributed by atoms with Gasteiger partial charge < -0.3 is 0 Å². The Hall–Kier alpha value is 0.350. The minimum absolute atomic E-state index is 1.06. The molecule has 1 aliphatic carbocycles. The molecule has 1 saturated carbocycles. The lowest BCUT2D eigenvalue weighted by molar-refractivity contribution is 0.286. The Labute approximate surface area is 86.9 Å². The zero-order chi connectivity index (χ0) is 9.10. The monoisotopic (exact) mass is 198 g/mol. The van der Waals surface area contributed by atoms with E-state index in [2.05, 4.69) is 18.7 Å². The molecule has 2 fully saturated rings. The van der Waals surface area contributed by atoms with Gasteiger partial charge in [-0.05, 0) is 43.3 Å². The van der Waals surface area contributed by atoms with Gasteiger partial charge >= 0.3 is 0 Å². The SMILES string of the molecule is CCCC1CSC2CCCCC2C1. The van der Waals surface area contributed by atoms with Gasteiger partial charge in [0.1, 0.15) is 0 Å². The van der Waals surface area contributed by atoms with Crippen molar-refractivity contribution in [3.63, 3.8) is 0 Å². The van der Waals surface area contributed by atoms with Crippen LogP contribution in [-0.4, -0.2) is 11.0 Å². The maximum atomic E-state index is 2.33. The van der Waals surface area contributed by atoms with Crippen molar-refractivity contribution in [2.75, 3.05) is 5.75 Å². The minimum atomic E-state index is 1.06. The summed E-state index contributed by atoms with van der Waals surface area (Å²) in [6, 6.07) is 0. The van der Waals surface area contributed by atoms with Crippen LogP contribution in [0.4, 0.5) is 0 Å². The van der Waals surface area contributed by atoms with E-state index < -0.39 is 0 Å². The third kappa shape index (κ3) is 2.43. The second-order valence-electron chi connectivity index (χ2n) is 4.81. The van der Waals surface area contributed by atoms with E-state index in [0.717, 1.165) is 17.1 Å². The number of hydrogen-bond acceptors (Lipinski definition) is 1. The van der Waals surface area contributed by atoms with Crippen molar-refractivity contribution in [2.45, 2.75) is 57.1 Å². The molecule has 2 aliphatic rings. The van der Waals surface area contributed by atoms with Crippen molar-refractivity contribution < 1.29 is 0 Å². The first-order valence-corrected chi connectivity index (χ1v) is 7.06. The highest BCUT2D eigenvalue weighted by molar-refractivity contribution is 7.99. The molecule has 1 heterocycles. The van der Waals surface area contributed by atoms with Gasteiger partial charge in [0.05, 0.1) is 0 Å². The van der Waals surface area contributed by atoms with Crippen molar-refractivity contribution in [1.29, 1.82) is 0 Å². The fraction of sp³-hybridized carbons (Fsp3) is 1.00. The molecular formula is C12H22S. The molecule has 1 heteroatoms. The number of rotatable bonds is 2. The first-order chi connectivity index (χ1) is 6.40. The summed E-state index contributed by atoms with van der Waals surface area (Å²) >= 11 is 2.30. The fourth-order valence-corrected chi connectivity index (χ4v) is 4.70. The Bertz CT molecular complexity index is 155. The van der Waals surface area contributed by atoms with Crippen LogP contribution in [0.3, 0.4) is 0 Å². The van der Waals surface area contributed by atoms with Crippen LogP contribution in [0.5, 0.6) is 0 Å². The largest absolute Gasteiger partial charge is 0.158 e. The van der Waals surface area contributed by atoms with E-state index >= 15 is 0 Å². The van der Waals surface area contributed by atoms with Gasteiger partial charge in [-0.1, -0.05) is 26.2 Å². The summed E-state index contributed by atoms with van der Waals surface area (Å²) in [4.78, 5) is 0. The lowest BCUT2D eigenvalue weighted by Crippen LogP contribution is -2.30. The van der Waals surface area contributed by atoms with E-state index in [1.807, 2.05) is 0 Å². The second-order valence-corrected chi connectivity index (χ2v) is 6.08. The van der Waals surface area contributed by atoms with E-state index in [1.54, 1.807) is 6.42 Å². The van der Waals surface area contributed by atoms with E-state index in [4.69, 9.17) is 0 Å². The molecule has 0 aromatic heterocycles. The number of fused-ring (bicyclic) bond motifs is 1. The molecular weight excluding hydrogens is 176 g/mol. The van der Waals surface area contributed by atoms with Crippen molar-refractivity contribution >= 4 is 11.8 Å². The molecule has 0 N–H and O–H groups in total. The third-order valence-electron chi connectivity index (χ3n) is 3.72. The fourth-order valence-electron chi connectivity index (χ4n) is 3.03. The number of hydrogen-bond donors (Lipinski definition) is 0. The Morgan fingerprint density at radius 1 is 1.23 bits per heavy atom. The maximum absolute atomic E-state index is 2.33. The molecule has 0 bridgehead atoms. The Morgan fingerprint density at radius 2 is 2.08 bits per heavy atom. The van der Waals surface area contributed by atoms with Gasteiger partial charge in [0.25, 0.3) is 0 Å². The second kappa shape index (κ2) is 4.72. The van der Waals surface area contributed by atoms with Crippen molar-refractivity contribution in [3.8, 4) is 0 Å². The maximum Gasteiger partial charge on any atom is 0.00755 e. The van der Waals surface area contributed by atoms with E-state index in [1.165, 1.54) is 44.3 Å². The summed E-state index contributed by atoms with van der Waals surface area (Å²) in [5.74, 6) is 3.63. The standard InChI is InChI=1S/C12H22S/c1-2-5-10-8-11-6-3-4-7-12(11)13-9-10/h10-12H,2-9H2,1H3. The highest BCUT2D eigenvalue weighted by atomic mass is 32.2. The summed E-state index contributed by atoms with van der Waals surface area (Å²) in [6.45, 7) is 2.33. The molecule has 1 aliphatic heterocycles. The van der Waals surface area contributed by atoms with Crippen LogP contribution in [-0.2, 0) is 0 Å². The zero-order valence-corrected chi connectivity index (χ0v) is 9.61. The Balaban J connectivity index is 1.84. The highest BCUT2D eigenvalue weighted by Crippen LogP contribution is 2.43. The third-order valence-corrected chi connectivity index (χ3v) is 5.43.